The second-order valence-electron chi connectivity index (χ2n) is 3.90. The summed E-state index contributed by atoms with van der Waals surface area (Å²) < 4.78 is 0. The molecule has 0 aliphatic carbocycles. The number of nitrogens with zero attached hydrogens (tertiary/aromatic N) is 2. The van der Waals surface area contributed by atoms with Crippen molar-refractivity contribution < 1.29 is 5.11 Å². The standard InChI is InChI=1S/C9H21N3O/c1-11-4-5-12(3-2-6-13)8-9(10)7-11/h9,13H,2-8,10H2,1H3. The first kappa shape index (κ1) is 10.9. The molecule has 0 aromatic carbocycles. The molecule has 4 nitrogen and oxygen atoms in total. The van der Waals surface area contributed by atoms with E-state index in [0.717, 1.165) is 39.1 Å². The maximum atomic E-state index is 8.72. The smallest absolute Gasteiger partial charge is 0.0443 e. The van der Waals surface area contributed by atoms with Crippen molar-refractivity contribution in [2.24, 2.45) is 5.73 Å². The van der Waals surface area contributed by atoms with E-state index >= 15 is 0 Å². The SMILES string of the molecule is CN1CCN(CCCO)CC(N)C1. The van der Waals surface area contributed by atoms with E-state index in [9.17, 15) is 0 Å². The average Bonchev–Trinajstić information content (AvgIpc) is 2.23. The third-order valence-electron chi connectivity index (χ3n) is 2.47. The summed E-state index contributed by atoms with van der Waals surface area (Å²) in [6.45, 7) is 5.35. The highest BCUT2D eigenvalue weighted by molar-refractivity contribution is 4.76. The Bertz CT molecular complexity index is 143. The van der Waals surface area contributed by atoms with Gasteiger partial charge < -0.3 is 20.6 Å². The summed E-state index contributed by atoms with van der Waals surface area (Å²) >= 11 is 0. The van der Waals surface area contributed by atoms with Crippen LogP contribution >= 0.6 is 0 Å². The number of nitrogens with two attached hydrogens (primary N) is 1. The van der Waals surface area contributed by atoms with Gasteiger partial charge in [-0.05, 0) is 13.5 Å². The van der Waals surface area contributed by atoms with Crippen LogP contribution < -0.4 is 5.73 Å². The molecule has 13 heavy (non-hydrogen) atoms. The Morgan fingerprint density at radius 1 is 1.38 bits per heavy atom. The molecule has 0 saturated carbocycles. The quantitative estimate of drug-likeness (QED) is 0.591. The minimum absolute atomic E-state index is 0.256. The van der Waals surface area contributed by atoms with Gasteiger partial charge in [0.15, 0.2) is 0 Å². The minimum atomic E-state index is 0.256. The Morgan fingerprint density at radius 3 is 2.85 bits per heavy atom. The summed E-state index contributed by atoms with van der Waals surface area (Å²) in [5.74, 6) is 0. The molecule has 1 heterocycles. The molecule has 1 atom stereocenters. The van der Waals surface area contributed by atoms with Crippen LogP contribution in [0.15, 0.2) is 0 Å². The Labute approximate surface area is 80.3 Å². The fraction of sp³-hybridized carbons (Fsp3) is 1.00. The lowest BCUT2D eigenvalue weighted by atomic mass is 10.3. The maximum Gasteiger partial charge on any atom is 0.0443 e. The van der Waals surface area contributed by atoms with E-state index in [1.165, 1.54) is 0 Å². The van der Waals surface area contributed by atoms with Crippen molar-refractivity contribution in [2.75, 3.05) is 46.4 Å². The fourth-order valence-electron chi connectivity index (χ4n) is 1.78. The Kier molecular flexibility index (Phi) is 4.66. The van der Waals surface area contributed by atoms with Gasteiger partial charge >= 0.3 is 0 Å². The highest BCUT2D eigenvalue weighted by atomic mass is 16.3. The van der Waals surface area contributed by atoms with Crippen LogP contribution in [0.4, 0.5) is 0 Å². The van der Waals surface area contributed by atoms with Crippen molar-refractivity contribution in [2.45, 2.75) is 12.5 Å². The number of hydrogen-bond donors (Lipinski definition) is 2. The summed E-state index contributed by atoms with van der Waals surface area (Å²) in [7, 11) is 2.11. The van der Waals surface area contributed by atoms with E-state index < -0.39 is 0 Å². The first-order chi connectivity index (χ1) is 6.22. The summed E-state index contributed by atoms with van der Waals surface area (Å²) in [5.41, 5.74) is 5.94. The van der Waals surface area contributed by atoms with Crippen LogP contribution in [0.25, 0.3) is 0 Å². The molecular formula is C9H21N3O. The molecule has 0 amide bonds. The van der Waals surface area contributed by atoms with E-state index in [0.29, 0.717) is 0 Å². The molecule has 0 bridgehead atoms. The van der Waals surface area contributed by atoms with Crippen molar-refractivity contribution in [1.82, 2.24) is 9.80 Å². The van der Waals surface area contributed by atoms with Crippen LogP contribution in [0.3, 0.4) is 0 Å². The number of aliphatic hydroxyl groups excluding tert-OH is 1. The highest BCUT2D eigenvalue weighted by Crippen LogP contribution is 2.00. The molecule has 0 spiro atoms. The molecule has 0 radical (unpaired) electrons. The van der Waals surface area contributed by atoms with Crippen LogP contribution in [0.2, 0.25) is 0 Å². The fourth-order valence-corrected chi connectivity index (χ4v) is 1.78. The Morgan fingerprint density at radius 2 is 2.15 bits per heavy atom. The van der Waals surface area contributed by atoms with Crippen LogP contribution in [-0.4, -0.2) is 67.3 Å². The van der Waals surface area contributed by atoms with Crippen molar-refractivity contribution in [3.8, 4) is 0 Å². The van der Waals surface area contributed by atoms with Gasteiger partial charge in [0.1, 0.15) is 0 Å². The zero-order chi connectivity index (χ0) is 9.68. The minimum Gasteiger partial charge on any atom is -0.396 e. The number of aliphatic hydroxyl groups is 1. The van der Waals surface area contributed by atoms with Crippen LogP contribution in [-0.2, 0) is 0 Å². The van der Waals surface area contributed by atoms with Gasteiger partial charge in [0.05, 0.1) is 0 Å². The van der Waals surface area contributed by atoms with Crippen molar-refractivity contribution in [1.29, 1.82) is 0 Å². The molecule has 1 unspecified atom stereocenters. The predicted molar refractivity (Wildman–Crippen MR) is 53.6 cm³/mol. The normalized spacial score (nSPS) is 27.5. The number of likely N-dealkylation sites (N-methyl/N-ethyl adjacent to an activating group) is 1. The Hall–Kier alpha value is -0.160. The highest BCUT2D eigenvalue weighted by Gasteiger charge is 2.16. The van der Waals surface area contributed by atoms with Crippen molar-refractivity contribution in [3.05, 3.63) is 0 Å². The molecule has 3 N–H and O–H groups in total. The second kappa shape index (κ2) is 5.54. The summed E-state index contributed by atoms with van der Waals surface area (Å²) in [6.07, 6.45) is 0.858. The van der Waals surface area contributed by atoms with Gasteiger partial charge in [0, 0.05) is 45.4 Å². The molecular weight excluding hydrogens is 166 g/mol. The first-order valence-electron chi connectivity index (χ1n) is 4.99. The number of hydrogen-bond acceptors (Lipinski definition) is 4. The maximum absolute atomic E-state index is 8.72. The van der Waals surface area contributed by atoms with Gasteiger partial charge in [0.2, 0.25) is 0 Å². The van der Waals surface area contributed by atoms with Gasteiger partial charge in [0.25, 0.3) is 0 Å². The molecule has 4 heteroatoms. The van der Waals surface area contributed by atoms with Gasteiger partial charge in [-0.15, -0.1) is 0 Å². The largest absolute Gasteiger partial charge is 0.396 e. The van der Waals surface area contributed by atoms with Crippen molar-refractivity contribution >= 4 is 0 Å². The molecule has 1 aliphatic heterocycles. The summed E-state index contributed by atoms with van der Waals surface area (Å²) in [6, 6.07) is 0.256. The average molecular weight is 187 g/mol. The van der Waals surface area contributed by atoms with E-state index in [-0.39, 0.29) is 12.6 Å². The summed E-state index contributed by atoms with van der Waals surface area (Å²) in [5, 5.41) is 8.72. The van der Waals surface area contributed by atoms with Crippen LogP contribution in [0, 0.1) is 0 Å². The lowest BCUT2D eigenvalue weighted by molar-refractivity contribution is 0.224. The molecule has 1 fully saturated rings. The van der Waals surface area contributed by atoms with Crippen LogP contribution in [0.1, 0.15) is 6.42 Å². The predicted octanol–water partition coefficient (Wildman–Crippen LogP) is -1.06. The Balaban J connectivity index is 2.30. The van der Waals surface area contributed by atoms with E-state index in [1.54, 1.807) is 0 Å². The zero-order valence-electron chi connectivity index (χ0n) is 8.45. The topological polar surface area (TPSA) is 52.7 Å². The lowest BCUT2D eigenvalue weighted by Crippen LogP contribution is -2.39. The molecule has 1 aliphatic rings. The zero-order valence-corrected chi connectivity index (χ0v) is 8.45. The molecule has 0 aromatic heterocycles. The monoisotopic (exact) mass is 187 g/mol. The molecule has 0 aromatic rings. The molecule has 1 saturated heterocycles. The van der Waals surface area contributed by atoms with Crippen molar-refractivity contribution in [3.63, 3.8) is 0 Å². The van der Waals surface area contributed by atoms with E-state index in [1.807, 2.05) is 0 Å². The van der Waals surface area contributed by atoms with Gasteiger partial charge in [-0.25, -0.2) is 0 Å². The lowest BCUT2D eigenvalue weighted by Gasteiger charge is -2.20. The second-order valence-corrected chi connectivity index (χ2v) is 3.90. The summed E-state index contributed by atoms with van der Waals surface area (Å²) in [4.78, 5) is 4.61. The number of rotatable bonds is 3. The van der Waals surface area contributed by atoms with Crippen LogP contribution in [0.5, 0.6) is 0 Å². The van der Waals surface area contributed by atoms with Gasteiger partial charge in [-0.3, -0.25) is 0 Å². The molecule has 78 valence electrons. The van der Waals surface area contributed by atoms with E-state index in [2.05, 4.69) is 16.8 Å². The first-order valence-corrected chi connectivity index (χ1v) is 4.99. The molecule has 1 rings (SSSR count). The van der Waals surface area contributed by atoms with E-state index in [4.69, 9.17) is 10.8 Å². The third kappa shape index (κ3) is 4.04. The third-order valence-corrected chi connectivity index (χ3v) is 2.47. The van der Waals surface area contributed by atoms with Gasteiger partial charge in [-0.1, -0.05) is 0 Å². The van der Waals surface area contributed by atoms with Gasteiger partial charge in [-0.2, -0.15) is 0 Å².